The summed E-state index contributed by atoms with van der Waals surface area (Å²) in [5.74, 6) is 1.38. The fourth-order valence-corrected chi connectivity index (χ4v) is 2.03. The number of benzene rings is 1. The standard InChI is InChI=1S/C14H22OS/c15-14-10-8-13(9-11-14)7-5-3-1-2-4-6-12-16/h8-11,15-16H,1-7,12H2. The van der Waals surface area contributed by atoms with E-state index < -0.39 is 0 Å². The van der Waals surface area contributed by atoms with Crippen molar-refractivity contribution in [2.45, 2.75) is 44.9 Å². The van der Waals surface area contributed by atoms with Gasteiger partial charge in [0, 0.05) is 0 Å². The molecule has 16 heavy (non-hydrogen) atoms. The molecule has 0 unspecified atom stereocenters. The van der Waals surface area contributed by atoms with Gasteiger partial charge in [-0.2, -0.15) is 12.6 Å². The van der Waals surface area contributed by atoms with Gasteiger partial charge in [-0.1, -0.05) is 37.8 Å². The lowest BCUT2D eigenvalue weighted by molar-refractivity contribution is 0.475. The van der Waals surface area contributed by atoms with E-state index in [4.69, 9.17) is 5.11 Å². The van der Waals surface area contributed by atoms with Crippen LogP contribution in [0.5, 0.6) is 5.75 Å². The van der Waals surface area contributed by atoms with Crippen molar-refractivity contribution >= 4 is 12.6 Å². The molecule has 1 nitrogen and oxygen atoms in total. The molecular formula is C14H22OS. The Hall–Kier alpha value is -0.630. The molecule has 0 radical (unpaired) electrons. The van der Waals surface area contributed by atoms with Gasteiger partial charge >= 0.3 is 0 Å². The molecule has 1 aromatic carbocycles. The van der Waals surface area contributed by atoms with E-state index in [-0.39, 0.29) is 0 Å². The summed E-state index contributed by atoms with van der Waals surface area (Å²) in [6, 6.07) is 7.55. The molecule has 0 aliphatic carbocycles. The molecule has 1 N–H and O–H groups in total. The predicted molar refractivity (Wildman–Crippen MR) is 73.4 cm³/mol. The fourth-order valence-electron chi connectivity index (χ4n) is 1.81. The van der Waals surface area contributed by atoms with Crippen LogP contribution >= 0.6 is 12.6 Å². The van der Waals surface area contributed by atoms with Crippen molar-refractivity contribution in [1.82, 2.24) is 0 Å². The molecule has 0 heterocycles. The maximum atomic E-state index is 9.14. The Kier molecular flexibility index (Phi) is 7.15. The Bertz CT molecular complexity index is 269. The molecule has 90 valence electrons. The quantitative estimate of drug-likeness (QED) is 0.513. The molecular weight excluding hydrogens is 216 g/mol. The zero-order valence-electron chi connectivity index (χ0n) is 9.86. The highest BCUT2D eigenvalue weighted by Gasteiger charge is 1.94. The van der Waals surface area contributed by atoms with E-state index in [1.165, 1.54) is 44.1 Å². The van der Waals surface area contributed by atoms with Crippen LogP contribution in [0.25, 0.3) is 0 Å². The highest BCUT2D eigenvalue weighted by atomic mass is 32.1. The second-order valence-corrected chi connectivity index (χ2v) is 4.71. The lowest BCUT2D eigenvalue weighted by atomic mass is 10.1. The minimum absolute atomic E-state index is 0.357. The van der Waals surface area contributed by atoms with Gasteiger partial charge in [0.15, 0.2) is 0 Å². The van der Waals surface area contributed by atoms with Gasteiger partial charge in [-0.05, 0) is 42.7 Å². The maximum absolute atomic E-state index is 9.14. The number of aryl methyl sites for hydroxylation is 1. The van der Waals surface area contributed by atoms with Crippen LogP contribution in [0.4, 0.5) is 0 Å². The van der Waals surface area contributed by atoms with Crippen LogP contribution < -0.4 is 0 Å². The molecule has 2 heteroatoms. The van der Waals surface area contributed by atoms with Gasteiger partial charge in [0.2, 0.25) is 0 Å². The minimum atomic E-state index is 0.357. The van der Waals surface area contributed by atoms with Gasteiger partial charge in [0.05, 0.1) is 0 Å². The molecule has 0 aromatic heterocycles. The Morgan fingerprint density at radius 2 is 1.38 bits per heavy atom. The average Bonchev–Trinajstić information content (AvgIpc) is 2.30. The topological polar surface area (TPSA) is 20.2 Å². The highest BCUT2D eigenvalue weighted by molar-refractivity contribution is 7.80. The third-order valence-electron chi connectivity index (χ3n) is 2.81. The molecule has 0 fully saturated rings. The third kappa shape index (κ3) is 6.06. The van der Waals surface area contributed by atoms with E-state index >= 15 is 0 Å². The van der Waals surface area contributed by atoms with Gasteiger partial charge in [-0.3, -0.25) is 0 Å². The van der Waals surface area contributed by atoms with Crippen molar-refractivity contribution in [3.8, 4) is 5.75 Å². The van der Waals surface area contributed by atoms with Crippen molar-refractivity contribution in [3.05, 3.63) is 29.8 Å². The summed E-state index contributed by atoms with van der Waals surface area (Å²) < 4.78 is 0. The Balaban J connectivity index is 2.01. The zero-order chi connectivity index (χ0) is 11.6. The van der Waals surface area contributed by atoms with Crippen molar-refractivity contribution < 1.29 is 5.11 Å². The molecule has 0 aliphatic heterocycles. The van der Waals surface area contributed by atoms with Crippen LogP contribution in [0.2, 0.25) is 0 Å². The SMILES string of the molecule is Oc1ccc(CCCCCCCCS)cc1. The van der Waals surface area contributed by atoms with Crippen LogP contribution in [0.3, 0.4) is 0 Å². The number of thiol groups is 1. The van der Waals surface area contributed by atoms with Crippen molar-refractivity contribution in [3.63, 3.8) is 0 Å². The van der Waals surface area contributed by atoms with Gasteiger partial charge in [-0.25, -0.2) is 0 Å². The van der Waals surface area contributed by atoms with E-state index in [0.29, 0.717) is 5.75 Å². The van der Waals surface area contributed by atoms with Crippen LogP contribution in [-0.4, -0.2) is 10.9 Å². The van der Waals surface area contributed by atoms with Crippen molar-refractivity contribution in [2.24, 2.45) is 0 Å². The van der Waals surface area contributed by atoms with E-state index in [1.54, 1.807) is 12.1 Å². The number of unbranched alkanes of at least 4 members (excludes halogenated alkanes) is 5. The maximum Gasteiger partial charge on any atom is 0.115 e. The van der Waals surface area contributed by atoms with E-state index in [9.17, 15) is 0 Å². The molecule has 0 spiro atoms. The lowest BCUT2D eigenvalue weighted by Gasteiger charge is -2.02. The summed E-state index contributed by atoms with van der Waals surface area (Å²) in [6.45, 7) is 0. The van der Waals surface area contributed by atoms with Gasteiger partial charge < -0.3 is 5.11 Å². The molecule has 1 rings (SSSR count). The normalized spacial score (nSPS) is 10.6. The molecule has 0 amide bonds. The Morgan fingerprint density at radius 3 is 2.00 bits per heavy atom. The first kappa shape index (κ1) is 13.4. The van der Waals surface area contributed by atoms with Crippen LogP contribution in [-0.2, 0) is 6.42 Å². The Morgan fingerprint density at radius 1 is 0.812 bits per heavy atom. The minimum Gasteiger partial charge on any atom is -0.508 e. The second-order valence-electron chi connectivity index (χ2n) is 4.26. The van der Waals surface area contributed by atoms with E-state index in [1.807, 2.05) is 12.1 Å². The van der Waals surface area contributed by atoms with E-state index in [0.717, 1.165) is 12.2 Å². The largest absolute Gasteiger partial charge is 0.508 e. The lowest BCUT2D eigenvalue weighted by Crippen LogP contribution is -1.86. The molecule has 0 bridgehead atoms. The summed E-state index contributed by atoms with van der Waals surface area (Å²) in [7, 11) is 0. The van der Waals surface area contributed by atoms with Crippen LogP contribution in [0.1, 0.15) is 44.1 Å². The summed E-state index contributed by atoms with van der Waals surface area (Å²) >= 11 is 4.20. The summed E-state index contributed by atoms with van der Waals surface area (Å²) in [5, 5.41) is 9.14. The molecule has 1 aromatic rings. The molecule has 0 saturated carbocycles. The van der Waals surface area contributed by atoms with Crippen LogP contribution in [0, 0.1) is 0 Å². The monoisotopic (exact) mass is 238 g/mol. The first-order chi connectivity index (χ1) is 7.83. The molecule has 0 atom stereocenters. The van der Waals surface area contributed by atoms with Gasteiger partial charge in [0.1, 0.15) is 5.75 Å². The molecule has 0 saturated heterocycles. The van der Waals surface area contributed by atoms with Crippen molar-refractivity contribution in [1.29, 1.82) is 0 Å². The smallest absolute Gasteiger partial charge is 0.115 e. The summed E-state index contributed by atoms with van der Waals surface area (Å²) in [5.41, 5.74) is 1.33. The average molecular weight is 238 g/mol. The third-order valence-corrected chi connectivity index (χ3v) is 3.13. The second kappa shape index (κ2) is 8.51. The predicted octanol–water partition coefficient (Wildman–Crippen LogP) is 4.21. The van der Waals surface area contributed by atoms with Gasteiger partial charge in [0.25, 0.3) is 0 Å². The number of aromatic hydroxyl groups is 1. The zero-order valence-corrected chi connectivity index (χ0v) is 10.8. The first-order valence-corrected chi connectivity index (χ1v) is 6.85. The van der Waals surface area contributed by atoms with Crippen molar-refractivity contribution in [2.75, 3.05) is 5.75 Å². The summed E-state index contributed by atoms with van der Waals surface area (Å²) in [4.78, 5) is 0. The van der Waals surface area contributed by atoms with E-state index in [2.05, 4.69) is 12.6 Å². The van der Waals surface area contributed by atoms with Crippen LogP contribution in [0.15, 0.2) is 24.3 Å². The first-order valence-electron chi connectivity index (χ1n) is 6.21. The fraction of sp³-hybridized carbons (Fsp3) is 0.571. The van der Waals surface area contributed by atoms with Gasteiger partial charge in [-0.15, -0.1) is 0 Å². The summed E-state index contributed by atoms with van der Waals surface area (Å²) in [6.07, 6.45) is 8.96. The Labute approximate surface area is 104 Å². The highest BCUT2D eigenvalue weighted by Crippen LogP contribution is 2.13. The number of phenols is 1. The number of hydrogen-bond acceptors (Lipinski definition) is 2. The number of phenolic OH excluding ortho intramolecular Hbond substituents is 1. The number of rotatable bonds is 8. The number of hydrogen-bond donors (Lipinski definition) is 2. The molecule has 0 aliphatic rings.